The molecule has 3 heteroatoms. The molecule has 2 rings (SSSR count). The Bertz CT molecular complexity index is 320. The fourth-order valence-electron chi connectivity index (χ4n) is 2.13. The Hall–Kier alpha value is -0.830. The second kappa shape index (κ2) is 4.79. The summed E-state index contributed by atoms with van der Waals surface area (Å²) >= 11 is 1.67. The number of carbonyl (C=O) groups excluding carboxylic acids is 1. The van der Waals surface area contributed by atoms with Crippen molar-refractivity contribution in [1.82, 2.24) is 4.90 Å². The van der Waals surface area contributed by atoms with Gasteiger partial charge in [-0.15, -0.1) is 11.3 Å². The monoisotopic (exact) mass is 223 g/mol. The van der Waals surface area contributed by atoms with Crippen LogP contribution in [-0.4, -0.2) is 23.4 Å². The maximum atomic E-state index is 12.0. The van der Waals surface area contributed by atoms with Gasteiger partial charge >= 0.3 is 0 Å². The van der Waals surface area contributed by atoms with Crippen molar-refractivity contribution in [3.8, 4) is 0 Å². The fourth-order valence-corrected chi connectivity index (χ4v) is 2.83. The van der Waals surface area contributed by atoms with E-state index in [0.717, 1.165) is 13.0 Å². The molecule has 1 aliphatic rings. The SMILES string of the molecule is C[C@@H]1CCCCN1C(=O)Cc1cccs1. The van der Waals surface area contributed by atoms with Gasteiger partial charge in [0, 0.05) is 17.5 Å². The summed E-state index contributed by atoms with van der Waals surface area (Å²) in [5.74, 6) is 0.296. The highest BCUT2D eigenvalue weighted by molar-refractivity contribution is 7.10. The van der Waals surface area contributed by atoms with Gasteiger partial charge in [-0.2, -0.15) is 0 Å². The normalized spacial score (nSPS) is 21.7. The third-order valence-corrected chi connectivity index (χ3v) is 3.91. The first-order valence-electron chi connectivity index (χ1n) is 5.59. The van der Waals surface area contributed by atoms with Crippen molar-refractivity contribution in [3.63, 3.8) is 0 Å². The standard InChI is InChI=1S/C12H17NOS/c1-10-5-2-3-7-13(10)12(14)9-11-6-4-8-15-11/h4,6,8,10H,2-3,5,7,9H2,1H3/t10-/m1/s1. The summed E-state index contributed by atoms with van der Waals surface area (Å²) in [6.07, 6.45) is 4.18. The van der Waals surface area contributed by atoms with E-state index in [9.17, 15) is 4.79 Å². The molecule has 0 unspecified atom stereocenters. The Kier molecular flexibility index (Phi) is 3.41. The maximum absolute atomic E-state index is 12.0. The van der Waals surface area contributed by atoms with Crippen LogP contribution < -0.4 is 0 Å². The summed E-state index contributed by atoms with van der Waals surface area (Å²) < 4.78 is 0. The van der Waals surface area contributed by atoms with Crippen LogP contribution in [0.3, 0.4) is 0 Å². The molecule has 1 aromatic rings. The van der Waals surface area contributed by atoms with Gasteiger partial charge in [0.1, 0.15) is 0 Å². The molecule has 82 valence electrons. The number of nitrogens with zero attached hydrogens (tertiary/aromatic N) is 1. The van der Waals surface area contributed by atoms with E-state index in [1.807, 2.05) is 22.4 Å². The first-order chi connectivity index (χ1) is 7.27. The molecule has 1 fully saturated rings. The van der Waals surface area contributed by atoms with Crippen molar-refractivity contribution in [1.29, 1.82) is 0 Å². The topological polar surface area (TPSA) is 20.3 Å². The number of likely N-dealkylation sites (tertiary alicyclic amines) is 1. The predicted molar refractivity (Wildman–Crippen MR) is 63.0 cm³/mol. The number of hydrogen-bond donors (Lipinski definition) is 0. The quantitative estimate of drug-likeness (QED) is 0.755. The molecule has 0 aromatic carbocycles. The van der Waals surface area contributed by atoms with Crippen molar-refractivity contribution >= 4 is 17.2 Å². The second-order valence-corrected chi connectivity index (χ2v) is 5.22. The Balaban J connectivity index is 1.95. The molecule has 1 aliphatic heterocycles. The largest absolute Gasteiger partial charge is 0.340 e. The van der Waals surface area contributed by atoms with Crippen LogP contribution in [0.25, 0.3) is 0 Å². The zero-order valence-corrected chi connectivity index (χ0v) is 9.93. The molecule has 0 saturated carbocycles. The molecule has 0 radical (unpaired) electrons. The van der Waals surface area contributed by atoms with Crippen molar-refractivity contribution in [2.75, 3.05) is 6.54 Å². The minimum atomic E-state index is 0.296. The number of amides is 1. The molecule has 1 saturated heterocycles. The van der Waals surface area contributed by atoms with Crippen LogP contribution in [0.4, 0.5) is 0 Å². The smallest absolute Gasteiger partial charge is 0.228 e. The number of rotatable bonds is 2. The van der Waals surface area contributed by atoms with Gasteiger partial charge < -0.3 is 4.90 Å². The average Bonchev–Trinajstić information content (AvgIpc) is 2.71. The van der Waals surface area contributed by atoms with Crippen LogP contribution in [0.5, 0.6) is 0 Å². The van der Waals surface area contributed by atoms with Crippen molar-refractivity contribution in [2.45, 2.75) is 38.6 Å². The molecule has 0 aliphatic carbocycles. The molecular weight excluding hydrogens is 206 g/mol. The molecule has 1 atom stereocenters. The lowest BCUT2D eigenvalue weighted by Crippen LogP contribution is -2.42. The summed E-state index contributed by atoms with van der Waals surface area (Å²) in [7, 11) is 0. The lowest BCUT2D eigenvalue weighted by Gasteiger charge is -2.33. The zero-order valence-electron chi connectivity index (χ0n) is 9.11. The van der Waals surface area contributed by atoms with E-state index in [-0.39, 0.29) is 0 Å². The van der Waals surface area contributed by atoms with Gasteiger partial charge in [-0.3, -0.25) is 4.79 Å². The van der Waals surface area contributed by atoms with Crippen LogP contribution in [-0.2, 0) is 11.2 Å². The van der Waals surface area contributed by atoms with Gasteiger partial charge in [0.15, 0.2) is 0 Å². The number of hydrogen-bond acceptors (Lipinski definition) is 2. The predicted octanol–water partition coefficient (Wildman–Crippen LogP) is 2.69. The van der Waals surface area contributed by atoms with Gasteiger partial charge in [0.05, 0.1) is 6.42 Å². The highest BCUT2D eigenvalue weighted by Crippen LogP contribution is 2.18. The van der Waals surface area contributed by atoms with Gasteiger partial charge in [0.25, 0.3) is 0 Å². The molecule has 0 bridgehead atoms. The summed E-state index contributed by atoms with van der Waals surface area (Å²) in [6, 6.07) is 4.48. The first kappa shape index (κ1) is 10.7. The van der Waals surface area contributed by atoms with Gasteiger partial charge in [-0.05, 0) is 37.6 Å². The van der Waals surface area contributed by atoms with Crippen LogP contribution in [0.2, 0.25) is 0 Å². The van der Waals surface area contributed by atoms with Crippen molar-refractivity contribution < 1.29 is 4.79 Å². The minimum absolute atomic E-state index is 0.296. The van der Waals surface area contributed by atoms with Crippen LogP contribution in [0.15, 0.2) is 17.5 Å². The molecule has 1 amide bonds. The number of carbonyl (C=O) groups is 1. The Morgan fingerprint density at radius 2 is 2.47 bits per heavy atom. The Morgan fingerprint density at radius 3 is 3.13 bits per heavy atom. The molecule has 0 N–H and O–H groups in total. The number of thiophene rings is 1. The van der Waals surface area contributed by atoms with E-state index in [4.69, 9.17) is 0 Å². The maximum Gasteiger partial charge on any atom is 0.228 e. The van der Waals surface area contributed by atoms with Crippen LogP contribution >= 0.6 is 11.3 Å². The summed E-state index contributed by atoms with van der Waals surface area (Å²) in [4.78, 5) is 15.2. The lowest BCUT2D eigenvalue weighted by atomic mass is 10.0. The molecule has 2 nitrogen and oxygen atoms in total. The van der Waals surface area contributed by atoms with Crippen molar-refractivity contribution in [2.24, 2.45) is 0 Å². The summed E-state index contributed by atoms with van der Waals surface area (Å²) in [5.41, 5.74) is 0. The summed E-state index contributed by atoms with van der Waals surface area (Å²) in [6.45, 7) is 3.11. The third-order valence-electron chi connectivity index (χ3n) is 3.03. The van der Waals surface area contributed by atoms with Crippen molar-refractivity contribution in [3.05, 3.63) is 22.4 Å². The lowest BCUT2D eigenvalue weighted by molar-refractivity contribution is -0.133. The van der Waals surface area contributed by atoms with Gasteiger partial charge in [-0.25, -0.2) is 0 Å². The highest BCUT2D eigenvalue weighted by atomic mass is 32.1. The fraction of sp³-hybridized carbons (Fsp3) is 0.583. The zero-order chi connectivity index (χ0) is 10.7. The Morgan fingerprint density at radius 1 is 1.60 bits per heavy atom. The highest BCUT2D eigenvalue weighted by Gasteiger charge is 2.22. The molecule has 1 aromatic heterocycles. The molecular formula is C12H17NOS. The molecule has 0 spiro atoms. The minimum Gasteiger partial charge on any atom is -0.340 e. The van der Waals surface area contributed by atoms with E-state index in [1.54, 1.807) is 11.3 Å². The van der Waals surface area contributed by atoms with E-state index >= 15 is 0 Å². The first-order valence-corrected chi connectivity index (χ1v) is 6.47. The van der Waals surface area contributed by atoms with E-state index in [1.165, 1.54) is 17.7 Å². The van der Waals surface area contributed by atoms with E-state index in [0.29, 0.717) is 18.4 Å². The van der Waals surface area contributed by atoms with Gasteiger partial charge in [-0.1, -0.05) is 6.07 Å². The van der Waals surface area contributed by atoms with Crippen LogP contribution in [0, 0.1) is 0 Å². The van der Waals surface area contributed by atoms with E-state index in [2.05, 4.69) is 6.92 Å². The third kappa shape index (κ3) is 2.59. The molecule has 15 heavy (non-hydrogen) atoms. The average molecular weight is 223 g/mol. The van der Waals surface area contributed by atoms with Gasteiger partial charge in [0.2, 0.25) is 5.91 Å². The molecule has 2 heterocycles. The summed E-state index contributed by atoms with van der Waals surface area (Å²) in [5, 5.41) is 2.03. The second-order valence-electron chi connectivity index (χ2n) is 4.19. The Labute approximate surface area is 94.9 Å². The number of piperidine rings is 1. The van der Waals surface area contributed by atoms with Crippen LogP contribution in [0.1, 0.15) is 31.1 Å². The van der Waals surface area contributed by atoms with E-state index < -0.39 is 0 Å².